The molecule has 4 bridgehead atoms. The first kappa shape index (κ1) is 23.7. The third-order valence-electron chi connectivity index (χ3n) is 10.3. The molecule has 1 saturated heterocycles. The van der Waals surface area contributed by atoms with Gasteiger partial charge in [-0.3, -0.25) is 0 Å². The minimum absolute atomic E-state index is 0.0516. The number of carbonyl (C=O) groups excluding carboxylic acids is 1. The Labute approximate surface area is 217 Å². The number of ether oxygens (including phenoxy) is 1. The standard InChI is InChI=1S/C29H37FN4O3/c30-22-3-1-2-21-24-15-31-16-34(24)23(26(21)22)10-25(35)29-11-18-8-19(12-29)27(20(9-18)13-29)33-28(36)32-14-17-4-6-37-7-5-17/h1-3,15-20,23,25,27,35H,4-14H2,(H2,32,33,36). The maximum atomic E-state index is 15.0. The minimum atomic E-state index is -0.519. The number of halogens is 1. The molecule has 1 aromatic carbocycles. The van der Waals surface area contributed by atoms with Crippen molar-refractivity contribution < 1.29 is 19.0 Å². The van der Waals surface area contributed by atoms with Crippen LogP contribution in [0.2, 0.25) is 0 Å². The second-order valence-electron chi connectivity index (χ2n) is 12.4. The Balaban J connectivity index is 1.04. The fraction of sp³-hybridized carbons (Fsp3) is 0.655. The fourth-order valence-electron chi connectivity index (χ4n) is 8.81. The quantitative estimate of drug-likeness (QED) is 0.544. The van der Waals surface area contributed by atoms with Crippen LogP contribution in [-0.2, 0) is 4.74 Å². The SMILES string of the molecule is O=C(NCC1CCOCC1)NC1C2CC3CC1CC(C(O)CC1c4c(F)cccc4-c4cncn41)(C3)C2. The van der Waals surface area contributed by atoms with E-state index in [2.05, 4.69) is 15.6 Å². The molecule has 4 atom stereocenters. The minimum Gasteiger partial charge on any atom is -0.392 e. The molecule has 3 N–H and O–H groups in total. The third-order valence-corrected chi connectivity index (χ3v) is 10.3. The van der Waals surface area contributed by atoms with E-state index in [-0.39, 0.29) is 29.3 Å². The smallest absolute Gasteiger partial charge is 0.315 e. The Bertz CT molecular complexity index is 1160. The topological polar surface area (TPSA) is 88.4 Å². The van der Waals surface area contributed by atoms with Crippen molar-refractivity contribution in [2.24, 2.45) is 29.1 Å². The number of benzene rings is 1. The number of amides is 2. The number of hydrogen-bond donors (Lipinski definition) is 3. The summed E-state index contributed by atoms with van der Waals surface area (Å²) in [6.45, 7) is 2.28. The van der Waals surface area contributed by atoms with Gasteiger partial charge in [-0.05, 0) is 86.5 Å². The van der Waals surface area contributed by atoms with E-state index in [0.29, 0.717) is 42.2 Å². The first-order chi connectivity index (χ1) is 18.0. The van der Waals surface area contributed by atoms with Gasteiger partial charge in [-0.15, -0.1) is 0 Å². The Morgan fingerprint density at radius 2 is 2.00 bits per heavy atom. The zero-order valence-corrected chi connectivity index (χ0v) is 21.2. The predicted octanol–water partition coefficient (Wildman–Crippen LogP) is 4.26. The van der Waals surface area contributed by atoms with Crippen molar-refractivity contribution in [3.05, 3.63) is 42.1 Å². The Hall–Kier alpha value is -2.45. The molecule has 37 heavy (non-hydrogen) atoms. The van der Waals surface area contributed by atoms with Crippen molar-refractivity contribution in [1.82, 2.24) is 20.2 Å². The molecular weight excluding hydrogens is 471 g/mol. The molecule has 2 aliphatic heterocycles. The number of fused-ring (bicyclic) bond motifs is 3. The lowest BCUT2D eigenvalue weighted by Crippen LogP contribution is -2.62. The van der Waals surface area contributed by atoms with Crippen LogP contribution in [0.25, 0.3) is 11.3 Å². The van der Waals surface area contributed by atoms with Crippen molar-refractivity contribution in [2.45, 2.75) is 69.6 Å². The van der Waals surface area contributed by atoms with Gasteiger partial charge in [0, 0.05) is 36.9 Å². The number of urea groups is 1. The third kappa shape index (κ3) is 3.98. The number of nitrogens with zero attached hydrogens (tertiary/aromatic N) is 2. The Kier molecular flexibility index (Phi) is 5.81. The number of imidazole rings is 1. The van der Waals surface area contributed by atoms with E-state index in [1.807, 2.05) is 10.6 Å². The highest BCUT2D eigenvalue weighted by atomic mass is 19.1. The van der Waals surface area contributed by atoms with Crippen LogP contribution < -0.4 is 10.6 Å². The average Bonchev–Trinajstić information content (AvgIpc) is 3.48. The molecule has 198 valence electrons. The highest BCUT2D eigenvalue weighted by molar-refractivity contribution is 5.74. The number of aromatic nitrogens is 2. The number of rotatable bonds is 6. The first-order valence-electron chi connectivity index (χ1n) is 14.1. The Morgan fingerprint density at radius 3 is 2.78 bits per heavy atom. The van der Waals surface area contributed by atoms with Gasteiger partial charge in [0.05, 0.1) is 30.4 Å². The summed E-state index contributed by atoms with van der Waals surface area (Å²) in [4.78, 5) is 17.1. The van der Waals surface area contributed by atoms with Gasteiger partial charge in [-0.2, -0.15) is 0 Å². The summed E-state index contributed by atoms with van der Waals surface area (Å²) in [6.07, 6.45) is 10.7. The highest BCUT2D eigenvalue weighted by Crippen LogP contribution is 2.62. The molecule has 4 unspecified atom stereocenters. The molecule has 2 amide bonds. The van der Waals surface area contributed by atoms with Crippen molar-refractivity contribution in [1.29, 1.82) is 0 Å². The van der Waals surface area contributed by atoms with Crippen LogP contribution in [0.15, 0.2) is 30.7 Å². The first-order valence-corrected chi connectivity index (χ1v) is 14.1. The number of nitrogens with one attached hydrogen (secondary N) is 2. The lowest BCUT2D eigenvalue weighted by Gasteiger charge is -2.61. The largest absolute Gasteiger partial charge is 0.392 e. The van der Waals surface area contributed by atoms with Gasteiger partial charge < -0.3 is 25.0 Å². The average molecular weight is 509 g/mol. The fourth-order valence-corrected chi connectivity index (χ4v) is 8.81. The van der Waals surface area contributed by atoms with Crippen LogP contribution in [0.5, 0.6) is 0 Å². The normalized spacial score (nSPS) is 34.7. The lowest BCUT2D eigenvalue weighted by molar-refractivity contribution is -0.135. The van der Waals surface area contributed by atoms with Crippen LogP contribution >= 0.6 is 0 Å². The Morgan fingerprint density at radius 1 is 1.22 bits per heavy atom. The van der Waals surface area contributed by atoms with Crippen molar-refractivity contribution >= 4 is 6.03 Å². The highest BCUT2D eigenvalue weighted by Gasteiger charge is 2.58. The molecule has 3 heterocycles. The van der Waals surface area contributed by atoms with E-state index in [1.54, 1.807) is 18.6 Å². The van der Waals surface area contributed by atoms with Gasteiger partial charge in [0.1, 0.15) is 5.82 Å². The number of hydrogen-bond acceptors (Lipinski definition) is 4. The number of carbonyl (C=O) groups is 1. The van der Waals surface area contributed by atoms with Crippen molar-refractivity contribution in [3.63, 3.8) is 0 Å². The van der Waals surface area contributed by atoms with E-state index in [9.17, 15) is 14.3 Å². The molecule has 7 nitrogen and oxygen atoms in total. The van der Waals surface area contributed by atoms with Crippen LogP contribution in [0.1, 0.15) is 63.0 Å². The maximum absolute atomic E-state index is 15.0. The molecule has 1 aromatic heterocycles. The van der Waals surface area contributed by atoms with Gasteiger partial charge >= 0.3 is 6.03 Å². The van der Waals surface area contributed by atoms with Crippen LogP contribution in [0.3, 0.4) is 0 Å². The van der Waals surface area contributed by atoms with Gasteiger partial charge in [0.2, 0.25) is 0 Å². The van der Waals surface area contributed by atoms with Gasteiger partial charge in [0.15, 0.2) is 0 Å². The molecule has 0 radical (unpaired) electrons. The summed E-state index contributed by atoms with van der Waals surface area (Å²) in [7, 11) is 0. The molecule has 8 heteroatoms. The maximum Gasteiger partial charge on any atom is 0.315 e. The van der Waals surface area contributed by atoms with Gasteiger partial charge in [-0.25, -0.2) is 14.2 Å². The number of aliphatic hydroxyl groups is 1. The summed E-state index contributed by atoms with van der Waals surface area (Å²) in [5, 5.41) is 18.2. The van der Waals surface area contributed by atoms with E-state index in [4.69, 9.17) is 4.74 Å². The van der Waals surface area contributed by atoms with Crippen LogP contribution in [-0.4, -0.2) is 52.6 Å². The second-order valence-corrected chi connectivity index (χ2v) is 12.4. The van der Waals surface area contributed by atoms with E-state index >= 15 is 0 Å². The monoisotopic (exact) mass is 508 g/mol. The van der Waals surface area contributed by atoms with E-state index in [1.165, 1.54) is 6.07 Å². The number of aliphatic hydroxyl groups excluding tert-OH is 1. The molecule has 6 aliphatic rings. The zero-order chi connectivity index (χ0) is 25.1. The summed E-state index contributed by atoms with van der Waals surface area (Å²) in [5.74, 6) is 1.68. The van der Waals surface area contributed by atoms with Gasteiger partial charge in [0.25, 0.3) is 0 Å². The summed E-state index contributed by atoms with van der Waals surface area (Å²) in [5.41, 5.74) is 2.34. The van der Waals surface area contributed by atoms with Crippen molar-refractivity contribution in [2.75, 3.05) is 19.8 Å². The zero-order valence-electron chi connectivity index (χ0n) is 21.2. The molecule has 8 rings (SSSR count). The van der Waals surface area contributed by atoms with E-state index < -0.39 is 6.10 Å². The lowest BCUT2D eigenvalue weighted by atomic mass is 9.46. The molecule has 4 aliphatic carbocycles. The van der Waals surface area contributed by atoms with Gasteiger partial charge in [-0.1, -0.05) is 12.1 Å². The summed E-state index contributed by atoms with van der Waals surface area (Å²) >= 11 is 0. The second kappa shape index (κ2) is 9.09. The van der Waals surface area contributed by atoms with Crippen LogP contribution in [0.4, 0.5) is 9.18 Å². The molecule has 4 saturated carbocycles. The molecule has 2 aromatic rings. The van der Waals surface area contributed by atoms with Crippen LogP contribution in [0, 0.1) is 34.9 Å². The molecule has 0 spiro atoms. The van der Waals surface area contributed by atoms with Crippen molar-refractivity contribution in [3.8, 4) is 11.3 Å². The summed E-state index contributed by atoms with van der Waals surface area (Å²) in [6, 6.07) is 5.11. The molecular formula is C29H37FN4O3. The van der Waals surface area contributed by atoms with E-state index in [0.717, 1.165) is 69.4 Å². The predicted molar refractivity (Wildman–Crippen MR) is 136 cm³/mol. The molecule has 5 fully saturated rings. The summed E-state index contributed by atoms with van der Waals surface area (Å²) < 4.78 is 22.4.